The van der Waals surface area contributed by atoms with Crippen LogP contribution >= 0.6 is 0 Å². The molecule has 3 aromatic rings. The number of pyridine rings is 1. The summed E-state index contributed by atoms with van der Waals surface area (Å²) >= 11 is 0. The van der Waals surface area contributed by atoms with E-state index in [9.17, 15) is 9.90 Å². The predicted molar refractivity (Wildman–Crippen MR) is 149 cm³/mol. The Morgan fingerprint density at radius 3 is 2.00 bits per heavy atom. The molecule has 36 heavy (non-hydrogen) atoms. The molecular formula is C32H43NO3. The van der Waals surface area contributed by atoms with Crippen LogP contribution in [0, 0.1) is 0 Å². The van der Waals surface area contributed by atoms with Gasteiger partial charge in [-0.2, -0.15) is 0 Å². The van der Waals surface area contributed by atoms with Gasteiger partial charge in [0, 0.05) is 10.9 Å². The molecule has 1 N–H and O–H groups in total. The maximum Gasteiger partial charge on any atom is 0.354 e. The van der Waals surface area contributed by atoms with Crippen molar-refractivity contribution in [2.24, 2.45) is 0 Å². The Balaban J connectivity index is 1.52. The van der Waals surface area contributed by atoms with Crippen LogP contribution in [-0.4, -0.2) is 16.1 Å². The molecule has 3 rings (SSSR count). The number of nitrogens with zero attached hydrogens (tertiary/aromatic N) is 1. The highest BCUT2D eigenvalue weighted by Gasteiger charge is 2.20. The number of carboxylic acids is 1. The third-order valence-electron chi connectivity index (χ3n) is 6.87. The molecule has 1 heterocycles. The second-order valence-electron chi connectivity index (χ2n) is 9.88. The second kappa shape index (κ2) is 15.3. The number of rotatable bonds is 17. The Morgan fingerprint density at radius 1 is 0.750 bits per heavy atom. The van der Waals surface area contributed by atoms with Crippen LogP contribution in [0.3, 0.4) is 0 Å². The first-order valence-corrected chi connectivity index (χ1v) is 14.0. The number of hydrogen-bond acceptors (Lipinski definition) is 3. The van der Waals surface area contributed by atoms with Crippen LogP contribution in [0.5, 0.6) is 5.75 Å². The number of para-hydroxylation sites is 1. The van der Waals surface area contributed by atoms with Gasteiger partial charge in [-0.3, -0.25) is 0 Å². The minimum Gasteiger partial charge on any atom is -0.488 e. The van der Waals surface area contributed by atoms with E-state index in [1.807, 2.05) is 31.2 Å². The third-order valence-corrected chi connectivity index (χ3v) is 6.87. The second-order valence-corrected chi connectivity index (χ2v) is 9.88. The number of fused-ring (bicyclic) bond motifs is 1. The first-order valence-electron chi connectivity index (χ1n) is 14.0. The molecular weight excluding hydrogens is 446 g/mol. The number of unbranched alkanes of at least 4 members (excludes halogenated alkanes) is 9. The summed E-state index contributed by atoms with van der Waals surface area (Å²) in [5.74, 6) is -0.361. The first-order chi connectivity index (χ1) is 17.6. The molecule has 0 atom stereocenters. The fourth-order valence-electron chi connectivity index (χ4n) is 4.82. The van der Waals surface area contributed by atoms with Crippen LogP contribution in [0.1, 0.15) is 112 Å². The Labute approximate surface area is 217 Å². The average molecular weight is 490 g/mol. The molecule has 0 spiro atoms. The van der Waals surface area contributed by atoms with E-state index in [0.29, 0.717) is 29.9 Å². The van der Waals surface area contributed by atoms with E-state index in [-0.39, 0.29) is 5.69 Å². The number of ether oxygens (including phenoxy) is 1. The highest BCUT2D eigenvalue weighted by atomic mass is 16.5. The van der Waals surface area contributed by atoms with Crippen LogP contribution in [0.4, 0.5) is 0 Å². The van der Waals surface area contributed by atoms with Crippen molar-refractivity contribution in [2.45, 2.75) is 104 Å². The van der Waals surface area contributed by atoms with Gasteiger partial charge in [0.2, 0.25) is 0 Å². The van der Waals surface area contributed by atoms with Crippen molar-refractivity contribution in [3.8, 4) is 5.75 Å². The lowest BCUT2D eigenvalue weighted by Crippen LogP contribution is -2.10. The highest BCUT2D eigenvalue weighted by Crippen LogP contribution is 2.33. The number of carbonyl (C=O) groups is 1. The average Bonchev–Trinajstić information content (AvgIpc) is 2.89. The van der Waals surface area contributed by atoms with Crippen molar-refractivity contribution in [1.82, 2.24) is 4.98 Å². The fraction of sp³-hybridized carbons (Fsp3) is 0.500. The van der Waals surface area contributed by atoms with Crippen LogP contribution < -0.4 is 4.74 Å². The molecule has 0 saturated carbocycles. The van der Waals surface area contributed by atoms with Crippen molar-refractivity contribution in [1.29, 1.82) is 0 Å². The molecule has 0 bridgehead atoms. The molecule has 0 fully saturated rings. The summed E-state index contributed by atoms with van der Waals surface area (Å²) in [5.41, 5.74) is 3.88. The fourth-order valence-corrected chi connectivity index (χ4v) is 4.82. The zero-order chi connectivity index (χ0) is 25.6. The maximum atomic E-state index is 11.9. The summed E-state index contributed by atoms with van der Waals surface area (Å²) in [6.45, 7) is 4.72. The Kier molecular flexibility index (Phi) is 11.8. The number of aromatic carboxylic acids is 1. The number of aryl methyl sites for hydroxylation is 1. The lowest BCUT2D eigenvalue weighted by molar-refractivity contribution is 0.0689. The number of benzene rings is 2. The van der Waals surface area contributed by atoms with E-state index in [2.05, 4.69) is 36.2 Å². The minimum atomic E-state index is -1.01. The molecule has 0 radical (unpaired) electrons. The van der Waals surface area contributed by atoms with E-state index < -0.39 is 5.97 Å². The zero-order valence-electron chi connectivity index (χ0n) is 22.2. The van der Waals surface area contributed by atoms with E-state index in [1.165, 1.54) is 69.8 Å². The zero-order valence-corrected chi connectivity index (χ0v) is 22.2. The van der Waals surface area contributed by atoms with Crippen molar-refractivity contribution in [3.63, 3.8) is 0 Å². The number of aromatic nitrogens is 1. The van der Waals surface area contributed by atoms with Gasteiger partial charge in [0.15, 0.2) is 5.69 Å². The molecule has 4 nitrogen and oxygen atoms in total. The van der Waals surface area contributed by atoms with E-state index in [1.54, 1.807) is 0 Å². The normalized spacial score (nSPS) is 11.2. The highest BCUT2D eigenvalue weighted by molar-refractivity contribution is 5.95. The molecule has 2 aromatic carbocycles. The molecule has 4 heteroatoms. The summed E-state index contributed by atoms with van der Waals surface area (Å²) in [4.78, 5) is 16.3. The van der Waals surface area contributed by atoms with E-state index in [4.69, 9.17) is 4.74 Å². The Bertz CT molecular complexity index is 1070. The summed E-state index contributed by atoms with van der Waals surface area (Å²) in [6.07, 6.45) is 16.1. The maximum absolute atomic E-state index is 11.9. The predicted octanol–water partition coefficient (Wildman–Crippen LogP) is 8.93. The molecule has 0 unspecified atom stereocenters. The van der Waals surface area contributed by atoms with Gasteiger partial charge in [0.25, 0.3) is 0 Å². The summed E-state index contributed by atoms with van der Waals surface area (Å²) in [5, 5.41) is 10.6. The summed E-state index contributed by atoms with van der Waals surface area (Å²) in [6, 6.07) is 16.3. The van der Waals surface area contributed by atoms with Crippen molar-refractivity contribution >= 4 is 16.9 Å². The lowest BCUT2D eigenvalue weighted by atomic mass is 10.0. The quantitative estimate of drug-likeness (QED) is 0.192. The van der Waals surface area contributed by atoms with Crippen molar-refractivity contribution in [3.05, 3.63) is 70.9 Å². The van der Waals surface area contributed by atoms with Gasteiger partial charge in [-0.15, -0.1) is 0 Å². The summed E-state index contributed by atoms with van der Waals surface area (Å²) < 4.78 is 6.28. The molecule has 194 valence electrons. The molecule has 0 aliphatic rings. The minimum absolute atomic E-state index is 0.0948. The topological polar surface area (TPSA) is 59.4 Å². The molecule has 0 saturated heterocycles. The monoisotopic (exact) mass is 489 g/mol. The Hall–Kier alpha value is -2.88. The van der Waals surface area contributed by atoms with E-state index in [0.717, 1.165) is 23.8 Å². The largest absolute Gasteiger partial charge is 0.488 e. The SMILES string of the molecule is CCCCCCCCCCCCc1ccc(COc2c(CCC)c(C(=O)O)nc3ccccc23)cc1. The molecule has 0 aliphatic heterocycles. The van der Waals surface area contributed by atoms with Crippen LogP contribution in [0.2, 0.25) is 0 Å². The van der Waals surface area contributed by atoms with Crippen LogP contribution in [0.25, 0.3) is 10.9 Å². The van der Waals surface area contributed by atoms with Gasteiger partial charge >= 0.3 is 5.97 Å². The van der Waals surface area contributed by atoms with Crippen LogP contribution in [0.15, 0.2) is 48.5 Å². The van der Waals surface area contributed by atoms with Gasteiger partial charge in [-0.1, -0.05) is 114 Å². The van der Waals surface area contributed by atoms with Gasteiger partial charge in [-0.25, -0.2) is 9.78 Å². The lowest BCUT2D eigenvalue weighted by Gasteiger charge is -2.16. The molecule has 1 aromatic heterocycles. The van der Waals surface area contributed by atoms with Crippen LogP contribution in [-0.2, 0) is 19.4 Å². The third kappa shape index (κ3) is 8.36. The standard InChI is InChI=1S/C32H43NO3/c1-3-5-6-7-8-9-10-11-12-13-17-25-20-22-26(23-21-25)24-36-31-27-18-14-15-19-29(27)33-30(32(34)35)28(31)16-4-2/h14-15,18-23H,3-13,16-17,24H2,1-2H3,(H,34,35). The molecule has 0 aliphatic carbocycles. The van der Waals surface area contributed by atoms with Gasteiger partial charge in [0.1, 0.15) is 12.4 Å². The number of carboxylic acid groups (broad SMARTS) is 1. The number of hydrogen-bond donors (Lipinski definition) is 1. The Morgan fingerprint density at radius 2 is 1.36 bits per heavy atom. The van der Waals surface area contributed by atoms with Gasteiger partial charge in [-0.05, 0) is 42.5 Å². The smallest absolute Gasteiger partial charge is 0.354 e. The van der Waals surface area contributed by atoms with Crippen molar-refractivity contribution < 1.29 is 14.6 Å². The first kappa shape index (κ1) is 27.7. The van der Waals surface area contributed by atoms with Crippen molar-refractivity contribution in [2.75, 3.05) is 0 Å². The molecule has 0 amide bonds. The summed E-state index contributed by atoms with van der Waals surface area (Å²) in [7, 11) is 0. The van der Waals surface area contributed by atoms with Gasteiger partial charge < -0.3 is 9.84 Å². The van der Waals surface area contributed by atoms with E-state index >= 15 is 0 Å². The van der Waals surface area contributed by atoms with Gasteiger partial charge in [0.05, 0.1) is 5.52 Å².